The smallest absolute Gasteiger partial charge is 0.00398 e. The molecule has 1 N–H and O–H groups in total. The zero-order valence-corrected chi connectivity index (χ0v) is 11.1. The summed E-state index contributed by atoms with van der Waals surface area (Å²) in [4.78, 5) is 0. The average Bonchev–Trinajstić information content (AvgIpc) is 2.29. The van der Waals surface area contributed by atoms with Gasteiger partial charge in [0, 0.05) is 12.3 Å². The fraction of sp³-hybridized carbons (Fsp3) is 1.00. The van der Waals surface area contributed by atoms with Crippen molar-refractivity contribution in [1.82, 2.24) is 5.32 Å². The van der Waals surface area contributed by atoms with Crippen molar-refractivity contribution in [2.75, 3.05) is 18.8 Å². The summed E-state index contributed by atoms with van der Waals surface area (Å²) in [7, 11) is 0. The highest BCUT2D eigenvalue weighted by Gasteiger charge is 2.22. The van der Waals surface area contributed by atoms with Gasteiger partial charge in [0.25, 0.3) is 0 Å². The van der Waals surface area contributed by atoms with E-state index in [-0.39, 0.29) is 0 Å². The molecule has 0 amide bonds. The van der Waals surface area contributed by atoms with E-state index in [2.05, 4.69) is 24.9 Å². The van der Waals surface area contributed by atoms with Crippen LogP contribution in [0, 0.1) is 11.8 Å². The van der Waals surface area contributed by atoms with E-state index in [9.17, 15) is 0 Å². The van der Waals surface area contributed by atoms with Crippen molar-refractivity contribution in [3.63, 3.8) is 0 Å². The van der Waals surface area contributed by atoms with Gasteiger partial charge in [-0.25, -0.2) is 0 Å². The molecule has 90 valence electrons. The quantitative estimate of drug-likeness (QED) is 0.503. The Labute approximate surface area is 101 Å². The third-order valence-electron chi connectivity index (χ3n) is 3.67. The second-order valence-electron chi connectivity index (χ2n) is 4.87. The fourth-order valence-corrected chi connectivity index (χ4v) is 3.01. The van der Waals surface area contributed by atoms with Gasteiger partial charge in [0.2, 0.25) is 0 Å². The first-order chi connectivity index (χ1) is 7.38. The van der Waals surface area contributed by atoms with Crippen LogP contribution in [0.2, 0.25) is 0 Å². The van der Waals surface area contributed by atoms with E-state index >= 15 is 0 Å². The minimum Gasteiger partial charge on any atom is -0.316 e. The molecular formula is C13H27NS. The zero-order valence-electron chi connectivity index (χ0n) is 10.2. The highest BCUT2D eigenvalue weighted by molar-refractivity contribution is 7.80. The highest BCUT2D eigenvalue weighted by Crippen LogP contribution is 2.31. The fourth-order valence-electron chi connectivity index (χ4n) is 2.85. The molecule has 1 rings (SSSR count). The number of hydrogen-bond donors (Lipinski definition) is 2. The molecule has 1 unspecified atom stereocenters. The van der Waals surface area contributed by atoms with E-state index in [0.29, 0.717) is 0 Å². The molecule has 2 heteroatoms. The average molecular weight is 229 g/mol. The van der Waals surface area contributed by atoms with E-state index in [1.165, 1.54) is 51.5 Å². The van der Waals surface area contributed by atoms with Gasteiger partial charge in [0.15, 0.2) is 0 Å². The maximum absolute atomic E-state index is 4.24. The highest BCUT2D eigenvalue weighted by atomic mass is 32.1. The van der Waals surface area contributed by atoms with Crippen molar-refractivity contribution in [3.8, 4) is 0 Å². The lowest BCUT2D eigenvalue weighted by Crippen LogP contribution is -2.30. The predicted octanol–water partition coefficient (Wildman–Crippen LogP) is 3.50. The van der Waals surface area contributed by atoms with Crippen LogP contribution in [0.4, 0.5) is 0 Å². The largest absolute Gasteiger partial charge is 0.316 e. The molecule has 1 fully saturated rings. The van der Waals surface area contributed by atoms with Crippen LogP contribution in [0.1, 0.15) is 51.9 Å². The standard InChI is InChI=1S/C13H27NS/c1-2-6-13(11-14-9-10-15)12-7-4-3-5-8-12/h12-15H,2-11H2,1H3. The van der Waals surface area contributed by atoms with Crippen LogP contribution >= 0.6 is 12.6 Å². The zero-order chi connectivity index (χ0) is 10.9. The molecule has 1 aliphatic carbocycles. The van der Waals surface area contributed by atoms with E-state index in [4.69, 9.17) is 0 Å². The van der Waals surface area contributed by atoms with E-state index < -0.39 is 0 Å². The SMILES string of the molecule is CCCC(CNCCS)C1CCCCC1. The van der Waals surface area contributed by atoms with E-state index in [1.54, 1.807) is 0 Å². The lowest BCUT2D eigenvalue weighted by atomic mass is 9.78. The van der Waals surface area contributed by atoms with Gasteiger partial charge < -0.3 is 5.32 Å². The Hall–Kier alpha value is 0.310. The van der Waals surface area contributed by atoms with Gasteiger partial charge in [-0.2, -0.15) is 12.6 Å². The van der Waals surface area contributed by atoms with Gasteiger partial charge in [0.1, 0.15) is 0 Å². The second-order valence-corrected chi connectivity index (χ2v) is 5.32. The molecular weight excluding hydrogens is 202 g/mol. The van der Waals surface area contributed by atoms with Crippen molar-refractivity contribution < 1.29 is 0 Å². The molecule has 1 nitrogen and oxygen atoms in total. The van der Waals surface area contributed by atoms with Crippen molar-refractivity contribution in [2.45, 2.75) is 51.9 Å². The molecule has 15 heavy (non-hydrogen) atoms. The molecule has 0 saturated heterocycles. The first-order valence-corrected chi connectivity index (χ1v) is 7.33. The molecule has 1 saturated carbocycles. The van der Waals surface area contributed by atoms with Crippen LogP contribution in [0.25, 0.3) is 0 Å². The minimum absolute atomic E-state index is 0.926. The Balaban J connectivity index is 2.26. The van der Waals surface area contributed by atoms with Gasteiger partial charge in [-0.15, -0.1) is 0 Å². The Morgan fingerprint density at radius 3 is 2.60 bits per heavy atom. The molecule has 1 aliphatic rings. The summed E-state index contributed by atoms with van der Waals surface area (Å²) in [5.74, 6) is 2.89. The van der Waals surface area contributed by atoms with Gasteiger partial charge in [-0.05, 0) is 24.8 Å². The molecule has 1 atom stereocenters. The maximum atomic E-state index is 4.24. The summed E-state index contributed by atoms with van der Waals surface area (Å²) >= 11 is 4.24. The summed E-state index contributed by atoms with van der Waals surface area (Å²) in [6, 6.07) is 0. The number of hydrogen-bond acceptors (Lipinski definition) is 2. The summed E-state index contributed by atoms with van der Waals surface area (Å²) in [6.45, 7) is 4.60. The van der Waals surface area contributed by atoms with Gasteiger partial charge in [-0.1, -0.05) is 45.4 Å². The van der Waals surface area contributed by atoms with Crippen LogP contribution in [-0.2, 0) is 0 Å². The molecule has 0 spiro atoms. The van der Waals surface area contributed by atoms with Crippen LogP contribution < -0.4 is 5.32 Å². The van der Waals surface area contributed by atoms with E-state index in [1.807, 2.05) is 0 Å². The third kappa shape index (κ3) is 5.26. The van der Waals surface area contributed by atoms with Crippen LogP contribution in [0.3, 0.4) is 0 Å². The minimum atomic E-state index is 0.926. The molecule has 0 aromatic rings. The monoisotopic (exact) mass is 229 g/mol. The predicted molar refractivity (Wildman–Crippen MR) is 71.7 cm³/mol. The third-order valence-corrected chi connectivity index (χ3v) is 3.89. The van der Waals surface area contributed by atoms with Crippen molar-refractivity contribution in [2.24, 2.45) is 11.8 Å². The number of thiol groups is 1. The lowest BCUT2D eigenvalue weighted by Gasteiger charge is -2.30. The Kier molecular flexibility index (Phi) is 7.54. The lowest BCUT2D eigenvalue weighted by molar-refractivity contribution is 0.229. The van der Waals surface area contributed by atoms with E-state index in [0.717, 1.165) is 24.1 Å². The van der Waals surface area contributed by atoms with Crippen molar-refractivity contribution in [3.05, 3.63) is 0 Å². The van der Waals surface area contributed by atoms with Gasteiger partial charge in [0.05, 0.1) is 0 Å². The molecule has 0 bridgehead atoms. The molecule has 0 aromatic heterocycles. The number of nitrogens with one attached hydrogen (secondary N) is 1. The summed E-state index contributed by atoms with van der Waals surface area (Å²) < 4.78 is 0. The van der Waals surface area contributed by atoms with Gasteiger partial charge >= 0.3 is 0 Å². The maximum Gasteiger partial charge on any atom is 0.00398 e. The Morgan fingerprint density at radius 2 is 2.00 bits per heavy atom. The van der Waals surface area contributed by atoms with Crippen LogP contribution in [0.5, 0.6) is 0 Å². The topological polar surface area (TPSA) is 12.0 Å². The molecule has 0 aliphatic heterocycles. The van der Waals surface area contributed by atoms with Crippen LogP contribution in [0.15, 0.2) is 0 Å². The second kappa shape index (κ2) is 8.46. The van der Waals surface area contributed by atoms with Crippen molar-refractivity contribution in [1.29, 1.82) is 0 Å². The first kappa shape index (κ1) is 13.4. The Bertz CT molecular complexity index is 143. The van der Waals surface area contributed by atoms with Gasteiger partial charge in [-0.3, -0.25) is 0 Å². The molecule has 0 radical (unpaired) electrons. The molecule has 0 aromatic carbocycles. The summed E-state index contributed by atoms with van der Waals surface area (Å²) in [6.07, 6.45) is 10.1. The molecule has 0 heterocycles. The number of rotatable bonds is 7. The van der Waals surface area contributed by atoms with Crippen LogP contribution in [-0.4, -0.2) is 18.8 Å². The Morgan fingerprint density at radius 1 is 1.27 bits per heavy atom. The first-order valence-electron chi connectivity index (χ1n) is 6.70. The summed E-state index contributed by atoms with van der Waals surface area (Å²) in [5, 5.41) is 3.54. The normalized spacial score (nSPS) is 20.4. The van der Waals surface area contributed by atoms with Crippen molar-refractivity contribution >= 4 is 12.6 Å². The summed E-state index contributed by atoms with van der Waals surface area (Å²) in [5.41, 5.74) is 0.